The number of nitrogens with one attached hydrogen (secondary N) is 1. The van der Waals surface area contributed by atoms with Gasteiger partial charge in [-0.25, -0.2) is 0 Å². The van der Waals surface area contributed by atoms with E-state index in [1.807, 2.05) is 6.07 Å². The zero-order chi connectivity index (χ0) is 20.1. The van der Waals surface area contributed by atoms with Gasteiger partial charge in [-0.3, -0.25) is 19.7 Å². The number of aromatic amines is 1. The van der Waals surface area contributed by atoms with Crippen molar-refractivity contribution in [2.75, 3.05) is 0 Å². The number of pyridine rings is 1. The van der Waals surface area contributed by atoms with Crippen LogP contribution in [-0.2, 0) is 0 Å². The summed E-state index contributed by atoms with van der Waals surface area (Å²) in [5.41, 5.74) is 1.06. The van der Waals surface area contributed by atoms with E-state index >= 15 is 0 Å². The normalized spacial score (nSPS) is 11.3. The molecule has 0 radical (unpaired) electrons. The lowest BCUT2D eigenvalue weighted by Crippen LogP contribution is -2.07. The number of para-hydroxylation sites is 1. The lowest BCUT2D eigenvalue weighted by atomic mass is 10.1. The average Bonchev–Trinajstić information content (AvgIpc) is 2.73. The summed E-state index contributed by atoms with van der Waals surface area (Å²) >= 11 is 0. The number of aromatic nitrogens is 1. The van der Waals surface area contributed by atoms with E-state index in [2.05, 4.69) is 4.98 Å². The monoisotopic (exact) mass is 384 g/mol. The largest absolute Gasteiger partial charge is 0.455 e. The first-order valence-electron chi connectivity index (χ1n) is 8.79. The summed E-state index contributed by atoms with van der Waals surface area (Å²) in [6, 6.07) is 17.5. The van der Waals surface area contributed by atoms with Crippen molar-refractivity contribution in [3.63, 3.8) is 0 Å². The van der Waals surface area contributed by atoms with Gasteiger partial charge in [-0.05, 0) is 24.3 Å². The Morgan fingerprint density at radius 1 is 0.862 bits per heavy atom. The number of hydrogen-bond donors (Lipinski definition) is 1. The molecule has 0 aliphatic carbocycles. The highest BCUT2D eigenvalue weighted by molar-refractivity contribution is 6.06. The van der Waals surface area contributed by atoms with Crippen molar-refractivity contribution in [2.45, 2.75) is 0 Å². The molecule has 2 heterocycles. The van der Waals surface area contributed by atoms with Gasteiger partial charge >= 0.3 is 0 Å². The smallest absolute Gasteiger partial charge is 0.270 e. The minimum atomic E-state index is -0.519. The van der Waals surface area contributed by atoms with Gasteiger partial charge in [-0.15, -0.1) is 0 Å². The first kappa shape index (κ1) is 16.9. The molecule has 0 aliphatic heterocycles. The van der Waals surface area contributed by atoms with Crippen LogP contribution in [0.5, 0.6) is 0 Å². The van der Waals surface area contributed by atoms with Crippen LogP contribution in [0, 0.1) is 10.1 Å². The first-order chi connectivity index (χ1) is 14.0. The van der Waals surface area contributed by atoms with Gasteiger partial charge in [0.2, 0.25) is 5.43 Å². The highest BCUT2D eigenvalue weighted by Crippen LogP contribution is 2.28. The Morgan fingerprint density at radius 2 is 1.69 bits per heavy atom. The molecule has 0 atom stereocenters. The maximum atomic E-state index is 13.1. The van der Waals surface area contributed by atoms with Crippen LogP contribution in [0.15, 0.2) is 80.7 Å². The van der Waals surface area contributed by atoms with Crippen molar-refractivity contribution < 1.29 is 9.34 Å². The molecule has 0 unspecified atom stereocenters. The predicted molar refractivity (Wildman–Crippen MR) is 110 cm³/mol. The van der Waals surface area contributed by atoms with E-state index in [0.717, 1.165) is 0 Å². The van der Waals surface area contributed by atoms with Gasteiger partial charge in [0.15, 0.2) is 11.0 Å². The number of fused-ring (bicyclic) bond motifs is 4. The first-order valence-corrected chi connectivity index (χ1v) is 8.79. The van der Waals surface area contributed by atoms with Crippen LogP contribution in [-0.4, -0.2) is 9.91 Å². The lowest BCUT2D eigenvalue weighted by Gasteiger charge is -2.07. The summed E-state index contributed by atoms with van der Waals surface area (Å²) in [5.74, 6) is 0.159. The zero-order valence-electron chi connectivity index (χ0n) is 14.8. The van der Waals surface area contributed by atoms with Crippen molar-refractivity contribution in [1.29, 1.82) is 0 Å². The third-order valence-electron chi connectivity index (χ3n) is 4.91. The second-order valence-corrected chi connectivity index (χ2v) is 6.65. The Hall–Kier alpha value is -4.26. The molecule has 7 heteroatoms. The molecule has 0 amide bonds. The number of nitro benzene ring substituents is 1. The topological polar surface area (TPSA) is 106 Å². The van der Waals surface area contributed by atoms with Gasteiger partial charge in [-0.2, -0.15) is 0 Å². The molecule has 0 saturated carbocycles. The third kappa shape index (κ3) is 2.60. The van der Waals surface area contributed by atoms with Gasteiger partial charge in [0, 0.05) is 34.7 Å². The molecule has 0 fully saturated rings. The molecule has 2 aromatic heterocycles. The van der Waals surface area contributed by atoms with E-state index in [0.29, 0.717) is 22.0 Å². The van der Waals surface area contributed by atoms with Crippen LogP contribution in [0.25, 0.3) is 44.1 Å². The van der Waals surface area contributed by atoms with Crippen LogP contribution in [0.1, 0.15) is 0 Å². The highest BCUT2D eigenvalue weighted by Gasteiger charge is 2.15. The van der Waals surface area contributed by atoms with Gasteiger partial charge in [0.05, 0.1) is 21.2 Å². The fourth-order valence-electron chi connectivity index (χ4n) is 3.53. The molecule has 0 saturated heterocycles. The number of rotatable bonds is 2. The summed E-state index contributed by atoms with van der Waals surface area (Å²) in [6.07, 6.45) is 0. The van der Waals surface area contributed by atoms with Crippen LogP contribution < -0.4 is 10.9 Å². The molecule has 0 bridgehead atoms. The lowest BCUT2D eigenvalue weighted by molar-refractivity contribution is -0.384. The van der Waals surface area contributed by atoms with Crippen molar-refractivity contribution >= 4 is 38.5 Å². The Kier molecular flexibility index (Phi) is 3.57. The Labute approximate surface area is 162 Å². The second kappa shape index (κ2) is 6.13. The predicted octanol–water partition coefficient (Wildman–Crippen LogP) is 4.36. The van der Waals surface area contributed by atoms with E-state index < -0.39 is 4.92 Å². The van der Waals surface area contributed by atoms with Crippen molar-refractivity contribution in [3.05, 3.63) is 97.3 Å². The summed E-state index contributed by atoms with van der Waals surface area (Å²) < 4.78 is 5.96. The fourth-order valence-corrected chi connectivity index (χ4v) is 3.53. The zero-order valence-corrected chi connectivity index (χ0v) is 14.8. The molecule has 5 rings (SSSR count). The third-order valence-corrected chi connectivity index (χ3v) is 4.91. The van der Waals surface area contributed by atoms with Crippen LogP contribution in [0.2, 0.25) is 0 Å². The number of nitrogens with zero attached hydrogens (tertiary/aromatic N) is 1. The standard InChI is InChI=1S/C22H12N2O5/c25-18-11-19(12-4-3-5-13(10-12)24(27)28)29-22-15(18)8-9-17-20(22)21(26)14-6-1-2-7-16(14)23-17/h1-11H,(H,23,26). The molecule has 7 nitrogen and oxygen atoms in total. The average molecular weight is 384 g/mol. The molecule has 0 spiro atoms. The van der Waals surface area contributed by atoms with Crippen molar-refractivity contribution in [2.24, 2.45) is 0 Å². The van der Waals surface area contributed by atoms with Crippen LogP contribution in [0.3, 0.4) is 0 Å². The quantitative estimate of drug-likeness (QED) is 0.211. The SMILES string of the molecule is O=c1cc(-c2cccc([N+](=O)[O-])c2)oc2c1ccc1[nH]c3ccccc3c(=O)c12. The fraction of sp³-hybridized carbons (Fsp3) is 0. The molecule has 3 aromatic carbocycles. The molecule has 1 N–H and O–H groups in total. The van der Waals surface area contributed by atoms with E-state index in [-0.39, 0.29) is 38.7 Å². The van der Waals surface area contributed by atoms with Crippen molar-refractivity contribution in [3.8, 4) is 11.3 Å². The maximum absolute atomic E-state index is 13.1. The van der Waals surface area contributed by atoms with Crippen molar-refractivity contribution in [1.82, 2.24) is 4.98 Å². The number of non-ortho nitro benzene ring substituents is 1. The Bertz CT molecular complexity index is 1580. The molecule has 0 aliphatic rings. The Balaban J connectivity index is 1.90. The highest BCUT2D eigenvalue weighted by atomic mass is 16.6. The van der Waals surface area contributed by atoms with Gasteiger partial charge in [0.25, 0.3) is 5.69 Å². The molecule has 29 heavy (non-hydrogen) atoms. The molecule has 140 valence electrons. The molecular formula is C22H12N2O5. The number of nitro groups is 1. The Morgan fingerprint density at radius 3 is 2.52 bits per heavy atom. The van der Waals surface area contributed by atoms with E-state index in [4.69, 9.17) is 4.42 Å². The van der Waals surface area contributed by atoms with Gasteiger partial charge in [-0.1, -0.05) is 24.3 Å². The number of benzene rings is 3. The number of H-pyrrole nitrogens is 1. The minimum Gasteiger partial charge on any atom is -0.455 e. The van der Waals surface area contributed by atoms with Crippen LogP contribution >= 0.6 is 0 Å². The molecule has 5 aromatic rings. The molecular weight excluding hydrogens is 372 g/mol. The van der Waals surface area contributed by atoms with E-state index in [1.54, 1.807) is 36.4 Å². The van der Waals surface area contributed by atoms with E-state index in [9.17, 15) is 19.7 Å². The van der Waals surface area contributed by atoms with Gasteiger partial charge in [0.1, 0.15) is 5.76 Å². The summed E-state index contributed by atoms with van der Waals surface area (Å²) in [6.45, 7) is 0. The summed E-state index contributed by atoms with van der Waals surface area (Å²) in [7, 11) is 0. The van der Waals surface area contributed by atoms with Crippen LogP contribution in [0.4, 0.5) is 5.69 Å². The maximum Gasteiger partial charge on any atom is 0.270 e. The second-order valence-electron chi connectivity index (χ2n) is 6.65. The number of hydrogen-bond acceptors (Lipinski definition) is 5. The minimum absolute atomic E-state index is 0.119. The summed E-state index contributed by atoms with van der Waals surface area (Å²) in [4.78, 5) is 39.6. The van der Waals surface area contributed by atoms with Gasteiger partial charge < -0.3 is 9.40 Å². The summed E-state index contributed by atoms with van der Waals surface area (Å²) in [5, 5.41) is 12.1. The van der Waals surface area contributed by atoms with E-state index in [1.165, 1.54) is 24.3 Å².